The first-order valence-electron chi connectivity index (χ1n) is 9.29. The maximum absolute atomic E-state index is 13.9. The quantitative estimate of drug-likeness (QED) is 0.325. The van der Waals surface area contributed by atoms with Crippen molar-refractivity contribution in [3.05, 3.63) is 97.5 Å². The molecule has 4 nitrogen and oxygen atoms in total. The van der Waals surface area contributed by atoms with Crippen LogP contribution in [0.15, 0.2) is 64.5 Å². The summed E-state index contributed by atoms with van der Waals surface area (Å²) in [5.41, 5.74) is 2.37. The third kappa shape index (κ3) is 3.52. The summed E-state index contributed by atoms with van der Waals surface area (Å²) >= 11 is 11.2. The number of hydrogen-bond donors (Lipinski definition) is 2. The Morgan fingerprint density at radius 2 is 1.97 bits per heavy atom. The molecule has 31 heavy (non-hydrogen) atoms. The maximum Gasteiger partial charge on any atom is 0.257 e. The van der Waals surface area contributed by atoms with Crippen LogP contribution in [0.4, 0.5) is 10.1 Å². The fraction of sp³-hybridized carbons (Fsp3) is 0.0435. The Balaban J connectivity index is 1.61. The average molecular weight is 516 g/mol. The zero-order valence-electron chi connectivity index (χ0n) is 15.7. The van der Waals surface area contributed by atoms with Crippen LogP contribution in [0.5, 0.6) is 0 Å². The monoisotopic (exact) mass is 514 g/mol. The molecule has 2 amide bonds. The molecule has 0 saturated heterocycles. The lowest BCUT2D eigenvalue weighted by molar-refractivity contribution is 0.0959. The van der Waals surface area contributed by atoms with Crippen molar-refractivity contribution in [1.82, 2.24) is 5.32 Å². The molecule has 0 fully saturated rings. The summed E-state index contributed by atoms with van der Waals surface area (Å²) < 4.78 is 15.6. The molecular formula is C23H13BrClFN2O2S. The number of hydrogen-bond acceptors (Lipinski definition) is 3. The van der Waals surface area contributed by atoms with Crippen LogP contribution in [-0.4, -0.2) is 11.8 Å². The molecule has 0 radical (unpaired) electrons. The van der Waals surface area contributed by atoms with E-state index in [1.807, 2.05) is 29.6 Å². The number of anilines is 1. The lowest BCUT2D eigenvalue weighted by Crippen LogP contribution is -2.21. The summed E-state index contributed by atoms with van der Waals surface area (Å²) in [5.74, 6) is -1.08. The van der Waals surface area contributed by atoms with E-state index in [0.717, 1.165) is 10.1 Å². The largest absolute Gasteiger partial charge is 0.341 e. The van der Waals surface area contributed by atoms with Gasteiger partial charge in [0.2, 0.25) is 0 Å². The first-order chi connectivity index (χ1) is 14.9. The Bertz CT molecular complexity index is 1390. The number of halogens is 3. The zero-order valence-corrected chi connectivity index (χ0v) is 18.9. The van der Waals surface area contributed by atoms with E-state index >= 15 is 0 Å². The van der Waals surface area contributed by atoms with Gasteiger partial charge in [0.15, 0.2) is 0 Å². The van der Waals surface area contributed by atoms with Gasteiger partial charge in [-0.1, -0.05) is 45.7 Å². The number of carbonyl (C=O) groups excluding carboxylic acids is 2. The van der Waals surface area contributed by atoms with Crippen LogP contribution in [0.3, 0.4) is 0 Å². The standard InChI is InChI=1S/C23H13BrClFN2O2S/c24-11-7-15-20(21(28-22(15)29)14-9-12(26)5-6-17(14)25)18(8-11)27-23(30)16-10-31-19-4-2-1-3-13(16)19/h1-10,21H,(H,27,30)(H,28,29)/t21-/m0/s1. The molecule has 0 aliphatic carbocycles. The Morgan fingerprint density at radius 3 is 2.81 bits per heavy atom. The van der Waals surface area contributed by atoms with Gasteiger partial charge in [0.1, 0.15) is 5.82 Å². The third-order valence-electron chi connectivity index (χ3n) is 5.20. The van der Waals surface area contributed by atoms with Crippen molar-refractivity contribution < 1.29 is 14.0 Å². The van der Waals surface area contributed by atoms with Gasteiger partial charge < -0.3 is 10.6 Å². The molecule has 0 spiro atoms. The second kappa shape index (κ2) is 7.75. The number of fused-ring (bicyclic) bond motifs is 2. The minimum atomic E-state index is -0.687. The molecule has 4 aromatic rings. The Labute approximate surface area is 194 Å². The van der Waals surface area contributed by atoms with Crippen molar-refractivity contribution in [2.75, 3.05) is 5.32 Å². The van der Waals surface area contributed by atoms with E-state index in [-0.39, 0.29) is 11.8 Å². The van der Waals surface area contributed by atoms with Gasteiger partial charge in [-0.05, 0) is 36.4 Å². The molecule has 3 aromatic carbocycles. The van der Waals surface area contributed by atoms with Crippen LogP contribution in [0.2, 0.25) is 5.02 Å². The van der Waals surface area contributed by atoms with Gasteiger partial charge in [-0.15, -0.1) is 11.3 Å². The third-order valence-corrected chi connectivity index (χ3v) is 6.96. The van der Waals surface area contributed by atoms with Crippen LogP contribution in [0.1, 0.15) is 37.9 Å². The van der Waals surface area contributed by atoms with Crippen molar-refractivity contribution in [2.24, 2.45) is 0 Å². The molecule has 0 bridgehead atoms. The topological polar surface area (TPSA) is 58.2 Å². The molecule has 5 rings (SSSR count). The van der Waals surface area contributed by atoms with Crippen LogP contribution in [0, 0.1) is 5.82 Å². The minimum absolute atomic E-state index is 0.291. The van der Waals surface area contributed by atoms with Gasteiger partial charge in [0.25, 0.3) is 11.8 Å². The van der Waals surface area contributed by atoms with Crippen molar-refractivity contribution in [1.29, 1.82) is 0 Å². The number of nitrogens with one attached hydrogen (secondary N) is 2. The molecule has 2 N–H and O–H groups in total. The van der Waals surface area contributed by atoms with Crippen molar-refractivity contribution >= 4 is 66.5 Å². The average Bonchev–Trinajstić information content (AvgIpc) is 3.31. The normalized spacial score (nSPS) is 15.1. The molecule has 8 heteroatoms. The Morgan fingerprint density at radius 1 is 1.16 bits per heavy atom. The highest BCUT2D eigenvalue weighted by molar-refractivity contribution is 9.10. The molecular weight excluding hydrogens is 503 g/mol. The highest BCUT2D eigenvalue weighted by Crippen LogP contribution is 2.41. The molecule has 1 aliphatic heterocycles. The summed E-state index contributed by atoms with van der Waals surface area (Å²) in [6.45, 7) is 0. The summed E-state index contributed by atoms with van der Waals surface area (Å²) in [7, 11) is 0. The number of amides is 2. The number of thiophene rings is 1. The molecule has 0 unspecified atom stereocenters. The molecule has 1 aromatic heterocycles. The lowest BCUT2D eigenvalue weighted by Gasteiger charge is -2.18. The van der Waals surface area contributed by atoms with Crippen molar-refractivity contribution in [3.8, 4) is 0 Å². The minimum Gasteiger partial charge on any atom is -0.341 e. The van der Waals surface area contributed by atoms with Crippen molar-refractivity contribution in [3.63, 3.8) is 0 Å². The van der Waals surface area contributed by atoms with Crippen molar-refractivity contribution in [2.45, 2.75) is 6.04 Å². The van der Waals surface area contributed by atoms with E-state index in [9.17, 15) is 14.0 Å². The predicted molar refractivity (Wildman–Crippen MR) is 125 cm³/mol. The SMILES string of the molecule is O=C1N[C@@H](c2cc(F)ccc2Cl)c2c(NC(=O)c3csc4ccccc34)cc(Br)cc21. The van der Waals surface area contributed by atoms with Crippen LogP contribution in [-0.2, 0) is 0 Å². The van der Waals surface area contributed by atoms with Crippen LogP contribution >= 0.6 is 38.9 Å². The lowest BCUT2D eigenvalue weighted by atomic mass is 9.96. The van der Waals surface area contributed by atoms with Gasteiger partial charge in [-0.2, -0.15) is 0 Å². The predicted octanol–water partition coefficient (Wildman–Crippen LogP) is 6.54. The van der Waals surface area contributed by atoms with Gasteiger partial charge >= 0.3 is 0 Å². The second-order valence-electron chi connectivity index (χ2n) is 7.09. The van der Waals surface area contributed by atoms with E-state index in [0.29, 0.717) is 37.4 Å². The van der Waals surface area contributed by atoms with E-state index in [4.69, 9.17) is 11.6 Å². The highest BCUT2D eigenvalue weighted by Gasteiger charge is 2.34. The van der Waals surface area contributed by atoms with Gasteiger partial charge in [0.05, 0.1) is 11.6 Å². The Hall–Kier alpha value is -2.74. The fourth-order valence-electron chi connectivity index (χ4n) is 3.81. The van der Waals surface area contributed by atoms with Crippen LogP contribution < -0.4 is 10.6 Å². The van der Waals surface area contributed by atoms with Gasteiger partial charge in [-0.3, -0.25) is 9.59 Å². The molecule has 1 aliphatic rings. The summed E-state index contributed by atoms with van der Waals surface area (Å²) in [6.07, 6.45) is 0. The van der Waals surface area contributed by atoms with E-state index in [1.165, 1.54) is 29.5 Å². The first-order valence-corrected chi connectivity index (χ1v) is 11.3. The van der Waals surface area contributed by atoms with Gasteiger partial charge in [-0.25, -0.2) is 4.39 Å². The Kier molecular flexibility index (Phi) is 5.04. The van der Waals surface area contributed by atoms with E-state index in [2.05, 4.69) is 26.6 Å². The maximum atomic E-state index is 13.9. The van der Waals surface area contributed by atoms with Gasteiger partial charge in [0, 0.05) is 47.3 Å². The summed E-state index contributed by atoms with van der Waals surface area (Å²) in [5, 5.41) is 8.78. The number of rotatable bonds is 3. The fourth-order valence-corrected chi connectivity index (χ4v) is 5.44. The summed E-state index contributed by atoms with van der Waals surface area (Å²) in [4.78, 5) is 25.8. The molecule has 0 saturated carbocycles. The molecule has 1 atom stereocenters. The summed E-state index contributed by atoms with van der Waals surface area (Å²) in [6, 6.07) is 14.4. The molecule has 154 valence electrons. The number of carbonyl (C=O) groups is 2. The highest BCUT2D eigenvalue weighted by atomic mass is 79.9. The van der Waals surface area contributed by atoms with E-state index in [1.54, 1.807) is 12.1 Å². The molecule has 2 heterocycles. The number of benzene rings is 3. The zero-order chi connectivity index (χ0) is 21.7. The second-order valence-corrected chi connectivity index (χ2v) is 9.32. The smallest absolute Gasteiger partial charge is 0.257 e. The first kappa shape index (κ1) is 20.2. The van der Waals surface area contributed by atoms with Crippen LogP contribution in [0.25, 0.3) is 10.1 Å². The van der Waals surface area contributed by atoms with E-state index < -0.39 is 11.9 Å².